The van der Waals surface area contributed by atoms with Gasteiger partial charge < -0.3 is 9.47 Å². The maximum absolute atomic E-state index is 13.6. The number of hydrogen-bond donors (Lipinski definition) is 0. The lowest BCUT2D eigenvalue weighted by Gasteiger charge is -2.37. The number of ketones is 1. The van der Waals surface area contributed by atoms with E-state index in [9.17, 15) is 9.59 Å². The smallest absolute Gasteiger partial charge is 0.315 e. The van der Waals surface area contributed by atoms with Crippen molar-refractivity contribution in [1.29, 1.82) is 0 Å². The third-order valence-corrected chi connectivity index (χ3v) is 7.43. The molecule has 0 bridgehead atoms. The molecule has 1 aliphatic heterocycles. The van der Waals surface area contributed by atoms with E-state index in [2.05, 4.69) is 19.1 Å². The average molecular weight is 478 g/mol. The molecule has 0 saturated carbocycles. The molecule has 0 spiro atoms. The molecular formula is C28H31NO4S. The lowest BCUT2D eigenvalue weighted by molar-refractivity contribution is -0.145. The topological polar surface area (TPSA) is 65.0 Å². The number of benzene rings is 2. The van der Waals surface area contributed by atoms with E-state index < -0.39 is 11.8 Å². The fourth-order valence-electron chi connectivity index (χ4n) is 5.02. The molecule has 0 amide bonds. The summed E-state index contributed by atoms with van der Waals surface area (Å²) in [7, 11) is 1.61. The Morgan fingerprint density at radius 2 is 1.82 bits per heavy atom. The van der Waals surface area contributed by atoms with Gasteiger partial charge in [0.05, 0.1) is 7.11 Å². The van der Waals surface area contributed by atoms with E-state index in [0.717, 1.165) is 28.3 Å². The van der Waals surface area contributed by atoms with Crippen LogP contribution in [-0.4, -0.2) is 42.7 Å². The van der Waals surface area contributed by atoms with Crippen LogP contribution in [-0.2, 0) is 14.3 Å². The number of esters is 1. The fourth-order valence-corrected chi connectivity index (χ4v) is 5.51. The largest absolute Gasteiger partial charge is 0.496 e. The summed E-state index contributed by atoms with van der Waals surface area (Å²) in [5, 5.41) is 0. The van der Waals surface area contributed by atoms with Crippen LogP contribution in [0, 0.1) is 5.92 Å². The van der Waals surface area contributed by atoms with Crippen molar-refractivity contribution < 1.29 is 19.1 Å². The Hall–Kier alpha value is -2.86. The predicted octanol–water partition coefficient (Wildman–Crippen LogP) is 5.57. The molecular weight excluding hydrogens is 446 g/mol. The van der Waals surface area contributed by atoms with Crippen molar-refractivity contribution in [3.63, 3.8) is 0 Å². The van der Waals surface area contributed by atoms with E-state index in [1.54, 1.807) is 18.9 Å². The third-order valence-electron chi connectivity index (χ3n) is 6.56. The second kappa shape index (κ2) is 11.0. The zero-order valence-corrected chi connectivity index (χ0v) is 20.8. The third kappa shape index (κ3) is 4.97. The van der Waals surface area contributed by atoms with E-state index in [0.29, 0.717) is 36.5 Å². The number of carbonyl (C=O) groups is 2. The van der Waals surface area contributed by atoms with Gasteiger partial charge in [-0.1, -0.05) is 55.5 Å². The van der Waals surface area contributed by atoms with Crippen molar-refractivity contribution >= 4 is 29.2 Å². The second-order valence-corrected chi connectivity index (χ2v) is 10.0. The number of methoxy groups -OCH3 is 1. The molecule has 0 fully saturated rings. The van der Waals surface area contributed by atoms with E-state index >= 15 is 0 Å². The number of nitrogens with zero attached hydrogens (tertiary/aromatic N) is 1. The number of hydrogen-bond acceptors (Lipinski definition) is 6. The van der Waals surface area contributed by atoms with Gasteiger partial charge in [-0.15, -0.1) is 0 Å². The monoisotopic (exact) mass is 477 g/mol. The van der Waals surface area contributed by atoms with Gasteiger partial charge in [0.1, 0.15) is 18.3 Å². The average Bonchev–Trinajstić information content (AvgIpc) is 2.86. The van der Waals surface area contributed by atoms with Crippen molar-refractivity contribution in [3.8, 4) is 5.75 Å². The van der Waals surface area contributed by atoms with Gasteiger partial charge in [0.15, 0.2) is 5.78 Å². The molecule has 3 atom stereocenters. The fraction of sp³-hybridized carbons (Fsp3) is 0.393. The van der Waals surface area contributed by atoms with E-state index in [4.69, 9.17) is 14.5 Å². The van der Waals surface area contributed by atoms with Crippen LogP contribution in [0.25, 0.3) is 0 Å². The first-order chi connectivity index (χ1) is 16.5. The minimum Gasteiger partial charge on any atom is -0.496 e. The van der Waals surface area contributed by atoms with E-state index in [1.807, 2.05) is 49.4 Å². The molecule has 178 valence electrons. The van der Waals surface area contributed by atoms with Crippen molar-refractivity contribution in [1.82, 2.24) is 0 Å². The summed E-state index contributed by atoms with van der Waals surface area (Å²) in [6.45, 7) is 4.29. The minimum atomic E-state index is -0.654. The van der Waals surface area contributed by atoms with Crippen LogP contribution in [0.5, 0.6) is 5.75 Å². The molecule has 1 unspecified atom stereocenters. The molecule has 0 radical (unpaired) electrons. The highest BCUT2D eigenvalue weighted by Gasteiger charge is 2.45. The van der Waals surface area contributed by atoms with Crippen LogP contribution in [0.3, 0.4) is 0 Å². The first-order valence-corrected chi connectivity index (χ1v) is 12.9. The molecule has 0 N–H and O–H groups in total. The Morgan fingerprint density at radius 3 is 2.56 bits per heavy atom. The number of Topliss-reactive ketones (excluding diaryl/α,β-unsaturated/α-hetero) is 1. The summed E-state index contributed by atoms with van der Waals surface area (Å²) in [6, 6.07) is 17.7. The lowest BCUT2D eigenvalue weighted by atomic mass is 9.69. The van der Waals surface area contributed by atoms with Gasteiger partial charge in [-0.2, -0.15) is 11.8 Å². The quantitative estimate of drug-likeness (QED) is 0.368. The van der Waals surface area contributed by atoms with Crippen LogP contribution in [0.2, 0.25) is 0 Å². The van der Waals surface area contributed by atoms with Crippen molar-refractivity contribution in [3.05, 3.63) is 77.0 Å². The molecule has 1 heterocycles. The number of aliphatic imine (C=N–C) groups is 1. The molecule has 2 aromatic rings. The number of ether oxygens (including phenoxy) is 2. The van der Waals surface area contributed by atoms with Crippen LogP contribution < -0.4 is 4.74 Å². The van der Waals surface area contributed by atoms with Crippen LogP contribution in [0.15, 0.2) is 70.9 Å². The van der Waals surface area contributed by atoms with Gasteiger partial charge >= 0.3 is 5.97 Å². The summed E-state index contributed by atoms with van der Waals surface area (Å²) in [5.74, 6) is 1.04. The summed E-state index contributed by atoms with van der Waals surface area (Å²) < 4.78 is 11.3. The van der Waals surface area contributed by atoms with Gasteiger partial charge in [-0.3, -0.25) is 14.6 Å². The Kier molecular flexibility index (Phi) is 7.88. The van der Waals surface area contributed by atoms with Crippen molar-refractivity contribution in [2.24, 2.45) is 10.9 Å². The summed E-state index contributed by atoms with van der Waals surface area (Å²) in [6.07, 6.45) is 1.07. The van der Waals surface area contributed by atoms with E-state index in [-0.39, 0.29) is 17.7 Å². The summed E-state index contributed by atoms with van der Waals surface area (Å²) in [4.78, 5) is 31.8. The molecule has 2 aromatic carbocycles. The molecule has 6 heteroatoms. The first-order valence-electron chi connectivity index (χ1n) is 11.8. The van der Waals surface area contributed by atoms with Crippen LogP contribution in [0.4, 0.5) is 0 Å². The molecule has 2 aliphatic rings. The number of rotatable bonds is 8. The highest BCUT2D eigenvalue weighted by molar-refractivity contribution is 7.99. The van der Waals surface area contributed by atoms with Gasteiger partial charge in [-0.25, -0.2) is 0 Å². The van der Waals surface area contributed by atoms with Crippen LogP contribution >= 0.6 is 11.8 Å². The molecule has 4 rings (SSSR count). The number of para-hydroxylation sites is 1. The molecule has 5 nitrogen and oxygen atoms in total. The van der Waals surface area contributed by atoms with Gasteiger partial charge in [0.2, 0.25) is 0 Å². The zero-order valence-electron chi connectivity index (χ0n) is 20.0. The zero-order chi connectivity index (χ0) is 24.1. The molecule has 1 aliphatic carbocycles. The van der Waals surface area contributed by atoms with Crippen molar-refractivity contribution in [2.75, 3.05) is 25.2 Å². The maximum Gasteiger partial charge on any atom is 0.315 e. The van der Waals surface area contributed by atoms with Gasteiger partial charge in [0.25, 0.3) is 0 Å². The molecule has 0 saturated heterocycles. The Morgan fingerprint density at radius 1 is 1.09 bits per heavy atom. The highest BCUT2D eigenvalue weighted by atomic mass is 32.2. The number of allylic oxidation sites excluding steroid dienone is 2. The minimum absolute atomic E-state index is 0.0431. The molecule has 34 heavy (non-hydrogen) atoms. The summed E-state index contributed by atoms with van der Waals surface area (Å²) >= 11 is 1.73. The normalized spacial score (nSPS) is 22.1. The molecule has 0 aromatic heterocycles. The number of thioether (sulfide) groups is 1. The summed E-state index contributed by atoms with van der Waals surface area (Å²) in [5.41, 5.74) is 4.06. The lowest BCUT2D eigenvalue weighted by Crippen LogP contribution is -2.38. The number of carbonyl (C=O) groups excluding carboxylic acids is 2. The Labute approximate surface area is 205 Å². The standard InChI is InChI=1S/C28H31NO4S/c1-4-34-15-14-33-28(31)25-18(2)29-22-16-20(19-10-6-5-7-11-19)17-23(30)27(22)26(25)21-12-8-9-13-24(21)32-3/h5-13,20,25-26H,4,14-17H2,1-3H3/t20-,25?,26+/m0/s1. The van der Waals surface area contributed by atoms with Crippen LogP contribution in [0.1, 0.15) is 49.7 Å². The van der Waals surface area contributed by atoms with Gasteiger partial charge in [0, 0.05) is 40.6 Å². The SMILES string of the molecule is CCSCCOC(=O)C1C(C)=NC2=C(C(=O)C[C@@H](c3ccccc3)C2)[C@@H]1c1ccccc1OC. The Balaban J connectivity index is 1.75. The highest BCUT2D eigenvalue weighted by Crippen LogP contribution is 2.48. The maximum atomic E-state index is 13.6. The Bertz CT molecular complexity index is 1110. The second-order valence-electron chi connectivity index (χ2n) is 8.61. The predicted molar refractivity (Wildman–Crippen MR) is 137 cm³/mol. The van der Waals surface area contributed by atoms with Crippen molar-refractivity contribution in [2.45, 2.75) is 38.5 Å². The first kappa shape index (κ1) is 24.3. The van der Waals surface area contributed by atoms with E-state index in [1.165, 1.54) is 0 Å². The van der Waals surface area contributed by atoms with Gasteiger partial charge in [-0.05, 0) is 36.6 Å².